The van der Waals surface area contributed by atoms with Gasteiger partial charge in [-0.3, -0.25) is 4.79 Å². The molecule has 3 atom stereocenters. The highest BCUT2D eigenvalue weighted by Crippen LogP contribution is 2.28. The Hall–Kier alpha value is -2.14. The van der Waals surface area contributed by atoms with Crippen LogP contribution in [0.2, 0.25) is 0 Å². The predicted molar refractivity (Wildman–Crippen MR) is 70.9 cm³/mol. The Labute approximate surface area is 116 Å². The van der Waals surface area contributed by atoms with Crippen molar-refractivity contribution in [2.24, 2.45) is 0 Å². The molecule has 2 aliphatic heterocycles. The molecule has 3 rings (SSSR count). The lowest BCUT2D eigenvalue weighted by molar-refractivity contribution is -0.129. The summed E-state index contributed by atoms with van der Waals surface area (Å²) >= 11 is 0. The first-order chi connectivity index (χ1) is 9.66. The van der Waals surface area contributed by atoms with Crippen molar-refractivity contribution >= 4 is 11.9 Å². The number of nitrogens with zero attached hydrogens (tertiary/aromatic N) is 1. The van der Waals surface area contributed by atoms with E-state index in [2.05, 4.69) is 0 Å². The van der Waals surface area contributed by atoms with E-state index in [1.165, 1.54) is 0 Å². The number of esters is 1. The first-order valence-electron chi connectivity index (χ1n) is 6.57. The topological polar surface area (TPSA) is 66.8 Å². The molecule has 1 saturated heterocycles. The second-order valence-electron chi connectivity index (χ2n) is 4.97. The van der Waals surface area contributed by atoms with Gasteiger partial charge in [0.05, 0.1) is 24.1 Å². The van der Waals surface area contributed by atoms with Crippen molar-refractivity contribution in [3.63, 3.8) is 0 Å². The number of aliphatic hydroxyl groups excluding tert-OH is 1. The van der Waals surface area contributed by atoms with E-state index in [9.17, 15) is 14.7 Å². The number of ether oxygens (including phenoxy) is 1. The summed E-state index contributed by atoms with van der Waals surface area (Å²) in [4.78, 5) is 25.5. The Balaban J connectivity index is 1.76. The largest absolute Gasteiger partial charge is 0.456 e. The van der Waals surface area contributed by atoms with Gasteiger partial charge >= 0.3 is 5.97 Å². The molecule has 1 N–H and O–H groups in total. The summed E-state index contributed by atoms with van der Waals surface area (Å²) in [5.41, 5.74) is 0.444. The summed E-state index contributed by atoms with van der Waals surface area (Å²) in [6.45, 7) is 0.458. The molecule has 2 aliphatic rings. The van der Waals surface area contributed by atoms with Gasteiger partial charge in [0, 0.05) is 6.54 Å². The Morgan fingerprint density at radius 3 is 2.80 bits per heavy atom. The van der Waals surface area contributed by atoms with Crippen LogP contribution in [0.5, 0.6) is 0 Å². The van der Waals surface area contributed by atoms with E-state index in [0.717, 1.165) is 0 Å². The SMILES string of the molecule is O=C(O[C@@H]1CC(=O)N2CC=C[C@@H](O)[C@@H]12)c1ccccc1. The number of hydrogen-bond acceptors (Lipinski definition) is 4. The molecule has 0 unspecified atom stereocenters. The quantitative estimate of drug-likeness (QED) is 0.637. The summed E-state index contributed by atoms with van der Waals surface area (Å²) in [5, 5.41) is 9.98. The van der Waals surface area contributed by atoms with Crippen LogP contribution >= 0.6 is 0 Å². The van der Waals surface area contributed by atoms with E-state index in [4.69, 9.17) is 4.74 Å². The molecule has 5 nitrogen and oxygen atoms in total. The zero-order valence-electron chi connectivity index (χ0n) is 10.8. The van der Waals surface area contributed by atoms with Crippen LogP contribution < -0.4 is 0 Å². The Kier molecular flexibility index (Phi) is 3.28. The van der Waals surface area contributed by atoms with Crippen molar-refractivity contribution in [2.75, 3.05) is 6.54 Å². The summed E-state index contributed by atoms with van der Waals surface area (Å²) in [6, 6.07) is 8.16. The van der Waals surface area contributed by atoms with Crippen LogP contribution in [0, 0.1) is 0 Å². The molecule has 104 valence electrons. The standard InChI is InChI=1S/C15H15NO4/c17-11-7-4-8-16-13(18)9-12(14(11)16)20-15(19)10-5-2-1-3-6-10/h1-7,11-12,14,17H,8-9H2/t11-,12-,14+/m1/s1. The van der Waals surface area contributed by atoms with Gasteiger partial charge in [-0.25, -0.2) is 4.79 Å². The van der Waals surface area contributed by atoms with Crippen molar-refractivity contribution in [3.05, 3.63) is 48.0 Å². The highest BCUT2D eigenvalue weighted by atomic mass is 16.5. The number of carbonyl (C=O) groups excluding carboxylic acids is 2. The van der Waals surface area contributed by atoms with E-state index in [0.29, 0.717) is 12.1 Å². The minimum absolute atomic E-state index is 0.0933. The summed E-state index contributed by atoms with van der Waals surface area (Å²) < 4.78 is 5.41. The summed E-state index contributed by atoms with van der Waals surface area (Å²) in [7, 11) is 0. The molecule has 0 aromatic heterocycles. The number of hydrogen-bond donors (Lipinski definition) is 1. The van der Waals surface area contributed by atoms with Gasteiger partial charge in [-0.1, -0.05) is 30.4 Å². The van der Waals surface area contributed by atoms with E-state index in [1.54, 1.807) is 41.3 Å². The van der Waals surface area contributed by atoms with Crippen LogP contribution in [0.1, 0.15) is 16.8 Å². The van der Waals surface area contributed by atoms with Crippen molar-refractivity contribution in [2.45, 2.75) is 24.7 Å². The van der Waals surface area contributed by atoms with Gasteiger partial charge in [-0.05, 0) is 12.1 Å². The van der Waals surface area contributed by atoms with Gasteiger partial charge in [0.15, 0.2) is 0 Å². The van der Waals surface area contributed by atoms with Crippen molar-refractivity contribution in [3.8, 4) is 0 Å². The fourth-order valence-corrected chi connectivity index (χ4v) is 2.72. The van der Waals surface area contributed by atoms with Crippen LogP contribution in [0.15, 0.2) is 42.5 Å². The number of aliphatic hydroxyl groups is 1. The molecule has 5 heteroatoms. The molecule has 0 radical (unpaired) electrons. The smallest absolute Gasteiger partial charge is 0.338 e. The minimum Gasteiger partial charge on any atom is -0.456 e. The Morgan fingerprint density at radius 2 is 2.05 bits per heavy atom. The molecular formula is C15H15NO4. The maximum Gasteiger partial charge on any atom is 0.338 e. The van der Waals surface area contributed by atoms with Crippen LogP contribution in [-0.4, -0.2) is 46.7 Å². The lowest BCUT2D eigenvalue weighted by Gasteiger charge is -2.32. The van der Waals surface area contributed by atoms with Gasteiger partial charge in [0.25, 0.3) is 0 Å². The lowest BCUT2D eigenvalue weighted by Crippen LogP contribution is -2.48. The van der Waals surface area contributed by atoms with Crippen molar-refractivity contribution < 1.29 is 19.4 Å². The van der Waals surface area contributed by atoms with E-state index in [1.807, 2.05) is 6.07 Å². The Bertz CT molecular complexity index is 554. The number of fused-ring (bicyclic) bond motifs is 1. The predicted octanol–water partition coefficient (Wildman–Crippen LogP) is 0.744. The zero-order chi connectivity index (χ0) is 14.1. The molecule has 1 aromatic carbocycles. The Morgan fingerprint density at radius 1 is 1.30 bits per heavy atom. The molecular weight excluding hydrogens is 258 g/mol. The second kappa shape index (κ2) is 5.09. The van der Waals surface area contributed by atoms with Gasteiger partial charge < -0.3 is 14.7 Å². The summed E-state index contributed by atoms with van der Waals surface area (Å²) in [5.74, 6) is -0.559. The average molecular weight is 273 g/mol. The highest BCUT2D eigenvalue weighted by molar-refractivity contribution is 5.90. The second-order valence-corrected chi connectivity index (χ2v) is 4.97. The van der Waals surface area contributed by atoms with E-state index < -0.39 is 24.2 Å². The molecule has 1 amide bonds. The number of rotatable bonds is 2. The molecule has 0 bridgehead atoms. The third kappa shape index (κ3) is 2.20. The number of carbonyl (C=O) groups is 2. The molecule has 0 saturated carbocycles. The van der Waals surface area contributed by atoms with Crippen molar-refractivity contribution in [1.29, 1.82) is 0 Å². The molecule has 0 aliphatic carbocycles. The van der Waals surface area contributed by atoms with Gasteiger partial charge in [-0.2, -0.15) is 0 Å². The number of amides is 1. The fraction of sp³-hybridized carbons (Fsp3) is 0.333. The molecule has 1 aromatic rings. The molecule has 1 fully saturated rings. The normalized spacial score (nSPS) is 28.4. The van der Waals surface area contributed by atoms with Crippen LogP contribution in [0.4, 0.5) is 0 Å². The molecule has 0 spiro atoms. The monoisotopic (exact) mass is 273 g/mol. The third-order valence-electron chi connectivity index (χ3n) is 3.69. The zero-order valence-corrected chi connectivity index (χ0v) is 10.8. The lowest BCUT2D eigenvalue weighted by atomic mass is 10.0. The molecule has 2 heterocycles. The fourth-order valence-electron chi connectivity index (χ4n) is 2.72. The minimum atomic E-state index is -0.788. The van der Waals surface area contributed by atoms with Crippen LogP contribution in [0.3, 0.4) is 0 Å². The van der Waals surface area contributed by atoms with Crippen LogP contribution in [0.25, 0.3) is 0 Å². The first kappa shape index (κ1) is 12.9. The van der Waals surface area contributed by atoms with Gasteiger partial charge in [0.1, 0.15) is 6.10 Å². The third-order valence-corrected chi connectivity index (χ3v) is 3.69. The maximum absolute atomic E-state index is 12.0. The molecule has 20 heavy (non-hydrogen) atoms. The number of benzene rings is 1. The maximum atomic E-state index is 12.0. The van der Waals surface area contributed by atoms with E-state index >= 15 is 0 Å². The van der Waals surface area contributed by atoms with Crippen molar-refractivity contribution in [1.82, 2.24) is 4.90 Å². The average Bonchev–Trinajstić information content (AvgIpc) is 2.78. The van der Waals surface area contributed by atoms with Crippen LogP contribution in [-0.2, 0) is 9.53 Å². The van der Waals surface area contributed by atoms with Gasteiger partial charge in [0.2, 0.25) is 5.91 Å². The highest BCUT2D eigenvalue weighted by Gasteiger charge is 2.46. The summed E-state index contributed by atoms with van der Waals surface area (Å²) in [6.07, 6.45) is 2.13. The van der Waals surface area contributed by atoms with E-state index in [-0.39, 0.29) is 12.3 Å². The first-order valence-corrected chi connectivity index (χ1v) is 6.57. The van der Waals surface area contributed by atoms with Gasteiger partial charge in [-0.15, -0.1) is 0 Å².